The van der Waals surface area contributed by atoms with Gasteiger partial charge in [-0.25, -0.2) is 4.98 Å². The lowest BCUT2D eigenvalue weighted by Gasteiger charge is -2.09. The summed E-state index contributed by atoms with van der Waals surface area (Å²) in [7, 11) is 0. The summed E-state index contributed by atoms with van der Waals surface area (Å²) in [5.74, 6) is -0.0526. The van der Waals surface area contributed by atoms with Gasteiger partial charge in [0.2, 0.25) is 5.91 Å². The molecule has 18 heavy (non-hydrogen) atoms. The average molecular weight is 260 g/mol. The molecule has 2 aromatic rings. The number of benzene rings is 1. The molecule has 1 aromatic carbocycles. The third kappa shape index (κ3) is 2.64. The molecule has 2 rings (SSSR count). The first-order valence-corrected chi connectivity index (χ1v) is 6.75. The van der Waals surface area contributed by atoms with E-state index in [9.17, 15) is 4.79 Å². The molecule has 1 amide bonds. The lowest BCUT2D eigenvalue weighted by molar-refractivity contribution is -0.115. The maximum Gasteiger partial charge on any atom is 0.227 e. The Kier molecular flexibility index (Phi) is 3.57. The van der Waals surface area contributed by atoms with Gasteiger partial charge in [-0.2, -0.15) is 0 Å². The predicted octanol–water partition coefficient (Wildman–Crippen LogP) is 2.74. The number of rotatable bonds is 3. The fourth-order valence-electron chi connectivity index (χ4n) is 2.03. The molecule has 0 saturated carbocycles. The van der Waals surface area contributed by atoms with Crippen LogP contribution in [0.1, 0.15) is 16.7 Å². The van der Waals surface area contributed by atoms with Gasteiger partial charge >= 0.3 is 0 Å². The lowest BCUT2D eigenvalue weighted by atomic mass is 10.0. The first kappa shape index (κ1) is 12.9. The van der Waals surface area contributed by atoms with Gasteiger partial charge in [0.05, 0.1) is 16.3 Å². The third-order valence-electron chi connectivity index (χ3n) is 2.79. The maximum absolute atomic E-state index is 10.8. The zero-order chi connectivity index (χ0) is 13.3. The largest absolute Gasteiger partial charge is 0.369 e. The quantitative estimate of drug-likeness (QED) is 0.863. The van der Waals surface area contributed by atoms with Crippen LogP contribution in [0.5, 0.6) is 0 Å². The first-order valence-electron chi connectivity index (χ1n) is 5.77. The summed E-state index contributed by atoms with van der Waals surface area (Å²) in [4.78, 5) is 15.4. The van der Waals surface area contributed by atoms with E-state index in [1.54, 1.807) is 0 Å². The van der Waals surface area contributed by atoms with E-state index in [0.717, 1.165) is 16.1 Å². The number of thioether (sulfide) groups is 1. The topological polar surface area (TPSA) is 56.0 Å². The molecule has 0 atom stereocenters. The smallest absolute Gasteiger partial charge is 0.227 e. The molecule has 4 heteroatoms. The Hall–Kier alpha value is -1.55. The van der Waals surface area contributed by atoms with Crippen LogP contribution in [0.4, 0.5) is 0 Å². The van der Waals surface area contributed by atoms with Gasteiger partial charge in [-0.15, -0.1) is 0 Å². The number of aryl methyl sites for hydroxylation is 3. The summed E-state index contributed by atoms with van der Waals surface area (Å²) < 4.78 is 0. The normalized spacial score (nSPS) is 10.8. The number of carbonyl (C=O) groups is 1. The van der Waals surface area contributed by atoms with E-state index in [4.69, 9.17) is 5.73 Å². The highest BCUT2D eigenvalue weighted by molar-refractivity contribution is 7.99. The Morgan fingerprint density at radius 1 is 1.22 bits per heavy atom. The summed E-state index contributed by atoms with van der Waals surface area (Å²) in [6, 6.07) is 6.28. The van der Waals surface area contributed by atoms with Crippen LogP contribution in [0, 0.1) is 20.8 Å². The van der Waals surface area contributed by atoms with Crippen molar-refractivity contribution in [2.45, 2.75) is 25.8 Å². The fraction of sp³-hybridized carbons (Fsp3) is 0.286. The molecule has 0 saturated heterocycles. The van der Waals surface area contributed by atoms with E-state index in [0.29, 0.717) is 0 Å². The zero-order valence-corrected chi connectivity index (χ0v) is 11.6. The molecule has 1 aromatic heterocycles. The first-order chi connectivity index (χ1) is 8.47. The van der Waals surface area contributed by atoms with Crippen molar-refractivity contribution in [1.82, 2.24) is 4.98 Å². The van der Waals surface area contributed by atoms with Gasteiger partial charge in [0, 0.05) is 5.39 Å². The summed E-state index contributed by atoms with van der Waals surface area (Å²) in [5.41, 5.74) is 9.74. The molecule has 1 heterocycles. The van der Waals surface area contributed by atoms with Crippen molar-refractivity contribution in [3.05, 3.63) is 34.9 Å². The Morgan fingerprint density at radius 3 is 2.61 bits per heavy atom. The average Bonchev–Trinajstić information content (AvgIpc) is 2.28. The van der Waals surface area contributed by atoms with Crippen LogP contribution in [-0.2, 0) is 4.79 Å². The number of carbonyl (C=O) groups excluding carboxylic acids is 1. The minimum atomic E-state index is -0.319. The van der Waals surface area contributed by atoms with Gasteiger partial charge in [0.1, 0.15) is 0 Å². The van der Waals surface area contributed by atoms with Crippen molar-refractivity contribution in [2.24, 2.45) is 5.73 Å². The van der Waals surface area contributed by atoms with E-state index in [1.165, 1.54) is 28.3 Å². The molecule has 0 unspecified atom stereocenters. The number of primary amides is 1. The number of nitrogens with two attached hydrogens (primary N) is 1. The number of nitrogens with zero attached hydrogens (tertiary/aromatic N) is 1. The third-order valence-corrected chi connectivity index (χ3v) is 3.73. The van der Waals surface area contributed by atoms with Gasteiger partial charge < -0.3 is 5.73 Å². The minimum absolute atomic E-state index is 0.267. The van der Waals surface area contributed by atoms with E-state index in [1.807, 2.05) is 6.07 Å². The fourth-order valence-corrected chi connectivity index (χ4v) is 2.74. The molecule has 0 fully saturated rings. The second-order valence-electron chi connectivity index (χ2n) is 4.51. The maximum atomic E-state index is 10.8. The van der Waals surface area contributed by atoms with Crippen molar-refractivity contribution in [2.75, 3.05) is 5.75 Å². The SMILES string of the molecule is Cc1cc(C)c2nc(SCC(N)=O)cc(C)c2c1. The Labute approximate surface area is 111 Å². The number of fused-ring (bicyclic) bond motifs is 1. The highest BCUT2D eigenvalue weighted by Crippen LogP contribution is 2.26. The monoisotopic (exact) mass is 260 g/mol. The Balaban J connectivity index is 2.51. The molecule has 0 aliphatic heterocycles. The van der Waals surface area contributed by atoms with Crippen molar-refractivity contribution < 1.29 is 4.79 Å². The molecule has 0 bridgehead atoms. The summed E-state index contributed by atoms with van der Waals surface area (Å²) >= 11 is 1.38. The molecule has 0 radical (unpaired) electrons. The van der Waals surface area contributed by atoms with E-state index in [2.05, 4.69) is 37.9 Å². The molecule has 2 N–H and O–H groups in total. The van der Waals surface area contributed by atoms with Crippen LogP contribution in [0.2, 0.25) is 0 Å². The van der Waals surface area contributed by atoms with Crippen LogP contribution in [0.15, 0.2) is 23.2 Å². The van der Waals surface area contributed by atoms with Gasteiger partial charge in [-0.05, 0) is 44.0 Å². The highest BCUT2D eigenvalue weighted by Gasteiger charge is 2.07. The van der Waals surface area contributed by atoms with Gasteiger partial charge in [-0.1, -0.05) is 23.4 Å². The van der Waals surface area contributed by atoms with Crippen LogP contribution < -0.4 is 5.73 Å². The van der Waals surface area contributed by atoms with Crippen molar-refractivity contribution in [3.63, 3.8) is 0 Å². The number of pyridine rings is 1. The van der Waals surface area contributed by atoms with Crippen LogP contribution in [0.25, 0.3) is 10.9 Å². The van der Waals surface area contributed by atoms with Crippen LogP contribution in [0.3, 0.4) is 0 Å². The summed E-state index contributed by atoms with van der Waals surface area (Å²) in [5, 5.41) is 2.03. The van der Waals surface area contributed by atoms with Crippen LogP contribution >= 0.6 is 11.8 Å². The van der Waals surface area contributed by atoms with E-state index >= 15 is 0 Å². The highest BCUT2D eigenvalue weighted by atomic mass is 32.2. The lowest BCUT2D eigenvalue weighted by Crippen LogP contribution is -2.13. The predicted molar refractivity (Wildman–Crippen MR) is 75.9 cm³/mol. The molecule has 94 valence electrons. The van der Waals surface area contributed by atoms with Gasteiger partial charge in [0.25, 0.3) is 0 Å². The number of hydrogen-bond donors (Lipinski definition) is 1. The van der Waals surface area contributed by atoms with Crippen LogP contribution in [-0.4, -0.2) is 16.6 Å². The van der Waals surface area contributed by atoms with E-state index < -0.39 is 0 Å². The number of amides is 1. The second kappa shape index (κ2) is 4.98. The minimum Gasteiger partial charge on any atom is -0.369 e. The second-order valence-corrected chi connectivity index (χ2v) is 5.51. The van der Waals surface area contributed by atoms with Crippen molar-refractivity contribution in [3.8, 4) is 0 Å². The Morgan fingerprint density at radius 2 is 1.94 bits per heavy atom. The number of hydrogen-bond acceptors (Lipinski definition) is 3. The molecule has 0 aliphatic carbocycles. The van der Waals surface area contributed by atoms with Crippen molar-refractivity contribution in [1.29, 1.82) is 0 Å². The molecule has 3 nitrogen and oxygen atoms in total. The zero-order valence-electron chi connectivity index (χ0n) is 10.8. The molecular formula is C14H16N2OS. The summed E-state index contributed by atoms with van der Waals surface area (Å²) in [6.07, 6.45) is 0. The molecule has 0 spiro atoms. The van der Waals surface area contributed by atoms with Gasteiger partial charge in [0.15, 0.2) is 0 Å². The van der Waals surface area contributed by atoms with Crippen molar-refractivity contribution >= 4 is 28.6 Å². The molecule has 0 aliphatic rings. The Bertz CT molecular complexity index is 623. The summed E-state index contributed by atoms with van der Waals surface area (Å²) in [6.45, 7) is 6.21. The standard InChI is InChI=1S/C14H16N2OS/c1-8-4-10(3)14-11(5-8)9(2)6-13(16-14)18-7-12(15)17/h4-6H,7H2,1-3H3,(H2,15,17). The molecular weight excluding hydrogens is 244 g/mol. The van der Waals surface area contributed by atoms with Gasteiger partial charge in [-0.3, -0.25) is 4.79 Å². The number of aromatic nitrogens is 1. The van der Waals surface area contributed by atoms with E-state index in [-0.39, 0.29) is 11.7 Å².